The minimum Gasteiger partial charge on any atom is -0.335 e. The number of benzene rings is 2. The molecule has 1 aromatic heterocycles. The van der Waals surface area contributed by atoms with Gasteiger partial charge in [0.1, 0.15) is 0 Å². The van der Waals surface area contributed by atoms with Crippen LogP contribution in [0.5, 0.6) is 0 Å². The van der Waals surface area contributed by atoms with E-state index in [2.05, 4.69) is 172 Å². The minimum atomic E-state index is -1.79. The molecule has 0 fully saturated rings. The molecule has 0 radical (unpaired) electrons. The molecule has 3 aromatic rings. The molecule has 0 spiro atoms. The summed E-state index contributed by atoms with van der Waals surface area (Å²) in [5.74, 6) is -0.222. The SMILES string of the molecule is CC(C)(C)C#N.CC(C)(C)CC(C)(C)C.CC(C)(C)c1ccc2c(c1)c1cc(C(C)(C)C)ccc1n2C(C)(C)C.[2H]C(C)(C)C(C)(C)C.[2H]C([2H])(C(C)(C)C)C(C)(C)C.[2H]C([2H])(C(C)C)C(C)(C)C.[2H]C([2H])(C)C(C)(C)C.[2H]C([2H])(C)C([2H])([2H])C(C)(C)C. The number of hydrogen-bond acceptors (Lipinski definition) is 1. The maximum Gasteiger partial charge on any atom is 0.0680 e. The van der Waals surface area contributed by atoms with Gasteiger partial charge in [-0.15, -0.1) is 0 Å². The molecule has 0 saturated heterocycles. The second-order valence-electron chi connectivity index (χ2n) is 34.7. The first-order valence-electron chi connectivity index (χ1n) is 34.8. The zero-order valence-corrected chi connectivity index (χ0v) is 60.1. The predicted octanol–water partition coefficient (Wildman–Crippen LogP) is 26.7. The predicted molar refractivity (Wildman–Crippen MR) is 361 cm³/mol. The van der Waals surface area contributed by atoms with Crippen molar-refractivity contribution in [3.8, 4) is 6.07 Å². The van der Waals surface area contributed by atoms with Crippen LogP contribution < -0.4 is 0 Å². The van der Waals surface area contributed by atoms with E-state index in [9.17, 15) is 0 Å². The highest BCUT2D eigenvalue weighted by Crippen LogP contribution is 2.39. The lowest BCUT2D eigenvalue weighted by molar-refractivity contribution is 0.233. The van der Waals surface area contributed by atoms with Gasteiger partial charge in [-0.25, -0.2) is 0 Å². The van der Waals surface area contributed by atoms with Crippen LogP contribution in [0.3, 0.4) is 0 Å². The van der Waals surface area contributed by atoms with Gasteiger partial charge in [-0.05, 0) is 168 Å². The van der Waals surface area contributed by atoms with E-state index in [1.54, 1.807) is 27.7 Å². The van der Waals surface area contributed by atoms with Crippen LogP contribution in [0, 0.1) is 71.9 Å². The number of nitriles is 1. The summed E-state index contributed by atoms with van der Waals surface area (Å²) in [5.41, 5.74) is 5.04. The van der Waals surface area contributed by atoms with Crippen molar-refractivity contribution < 1.29 is 15.1 Å². The van der Waals surface area contributed by atoms with Gasteiger partial charge < -0.3 is 4.57 Å². The average Bonchev–Trinajstić information content (AvgIpc) is 3.54. The molecule has 456 valence electrons. The Morgan fingerprint density at radius 2 is 0.753 bits per heavy atom. The van der Waals surface area contributed by atoms with E-state index in [1.807, 2.05) is 132 Å². The molecule has 0 atom stereocenters. The van der Waals surface area contributed by atoms with Crippen LogP contribution in [-0.2, 0) is 16.4 Å². The first kappa shape index (κ1) is 62.3. The van der Waals surface area contributed by atoms with Crippen molar-refractivity contribution in [2.45, 2.75) is 345 Å². The second kappa shape index (κ2) is 32.4. The van der Waals surface area contributed by atoms with E-state index in [0.717, 1.165) is 0 Å². The lowest BCUT2D eigenvalue weighted by Crippen LogP contribution is -2.21. The highest BCUT2D eigenvalue weighted by molar-refractivity contribution is 6.09. The molecule has 0 aliphatic rings. The third-order valence-corrected chi connectivity index (χ3v) is 10.8. The molecular formula is C75H146N2. The lowest BCUT2D eigenvalue weighted by atomic mass is 9.78. The second-order valence-corrected chi connectivity index (χ2v) is 34.7. The summed E-state index contributed by atoms with van der Waals surface area (Å²) in [5, 5.41) is 10.9. The summed E-state index contributed by atoms with van der Waals surface area (Å²) >= 11 is 0. The molecule has 0 aliphatic heterocycles. The van der Waals surface area contributed by atoms with Crippen LogP contribution in [0.25, 0.3) is 21.8 Å². The first-order chi connectivity index (χ1) is 37.3. The van der Waals surface area contributed by atoms with E-state index >= 15 is 0 Å². The van der Waals surface area contributed by atoms with Crippen LogP contribution in [0.2, 0.25) is 0 Å². The standard InChI is InChI=1S/C24H33N.2C9H20.C8H18.2C7H16.C6H14.C5H9N/c1-22(2,3)16-10-12-20-18(14-16)19-15-17(23(4,5)6)11-13-21(19)25(20)24(7,8)9;2*1-8(2,3)7-9(4,5)6;1-7(2)6-8(3,4)5;1-6(2)7(3,4)5;1-5-6-7(2,3)4;1-5-6(2,3)4;1-5(2,3)4-6/h10-15H,1-9H3;2*7H2,1-6H3;7H,6H2,1-5H3;6H,1-5H3;5-6H2,1-4H3;5H2,1-4H3;1-3H3/i;7D2;;6D2;6D;5D2,6D2;5D2;. The monoisotopic (exact) mass is 1090 g/mol. The van der Waals surface area contributed by atoms with Gasteiger partial charge in [0.2, 0.25) is 0 Å². The molecule has 1 heterocycles. The largest absolute Gasteiger partial charge is 0.335 e. The lowest BCUT2D eigenvalue weighted by Gasteiger charge is -2.28. The van der Waals surface area contributed by atoms with E-state index in [-0.39, 0.29) is 60.7 Å². The molecule has 2 aromatic carbocycles. The fourth-order valence-electron chi connectivity index (χ4n) is 7.64. The third-order valence-electron chi connectivity index (χ3n) is 10.8. The Kier molecular flexibility index (Phi) is 26.2. The molecule has 0 saturated carbocycles. The van der Waals surface area contributed by atoms with Crippen molar-refractivity contribution in [3.63, 3.8) is 0 Å². The zero-order chi connectivity index (χ0) is 73.3. The van der Waals surface area contributed by atoms with Gasteiger partial charge in [0, 0.05) is 47.8 Å². The van der Waals surface area contributed by atoms with Crippen LogP contribution in [0.15, 0.2) is 36.4 Å². The molecule has 0 aliphatic carbocycles. The number of fused-ring (bicyclic) bond motifs is 3. The number of hydrogen-bond donors (Lipinski definition) is 0. The summed E-state index contributed by atoms with van der Waals surface area (Å²) in [4.78, 5) is 0. The summed E-state index contributed by atoms with van der Waals surface area (Å²) in [6, 6.07) is 16.2. The van der Waals surface area contributed by atoms with Crippen molar-refractivity contribution in [1.82, 2.24) is 4.57 Å². The van der Waals surface area contributed by atoms with E-state index in [1.165, 1.54) is 46.3 Å². The first-order valence-corrected chi connectivity index (χ1v) is 29.3. The summed E-state index contributed by atoms with van der Waals surface area (Å²) in [6.45, 7) is 85.1. The van der Waals surface area contributed by atoms with Crippen LogP contribution in [-0.4, -0.2) is 4.57 Å². The normalized spacial score (nSPS) is 16.3. The highest BCUT2D eigenvalue weighted by Gasteiger charge is 2.25. The van der Waals surface area contributed by atoms with Gasteiger partial charge in [-0.2, -0.15) is 5.26 Å². The molecule has 0 N–H and O–H groups in total. The molecule has 0 amide bonds. The number of nitrogens with zero attached hydrogens (tertiary/aromatic N) is 2. The number of aromatic nitrogens is 1. The summed E-state index contributed by atoms with van der Waals surface area (Å²) in [6.07, 6.45) is -5.54. The van der Waals surface area contributed by atoms with Crippen LogP contribution in [0.1, 0.15) is 355 Å². The van der Waals surface area contributed by atoms with Gasteiger partial charge in [0.15, 0.2) is 0 Å². The Morgan fingerprint density at radius 3 is 0.844 bits per heavy atom. The van der Waals surface area contributed by atoms with Gasteiger partial charge >= 0.3 is 0 Å². The molecule has 2 nitrogen and oxygen atoms in total. The van der Waals surface area contributed by atoms with Crippen LogP contribution >= 0.6 is 0 Å². The molecule has 3 rings (SSSR count). The minimum absolute atomic E-state index is 0.0481. The molecule has 2 heteroatoms. The maximum absolute atomic E-state index is 8.15. The van der Waals surface area contributed by atoms with Crippen LogP contribution in [0.4, 0.5) is 0 Å². The third kappa shape index (κ3) is 50.4. The average molecular weight is 1090 g/mol. The fraction of sp³-hybridized carbons (Fsp3) is 0.827. The van der Waals surface area contributed by atoms with Crippen molar-refractivity contribution in [1.29, 1.82) is 5.26 Å². The van der Waals surface area contributed by atoms with Crippen molar-refractivity contribution in [3.05, 3.63) is 47.5 Å². The molecule has 0 bridgehead atoms. The summed E-state index contributed by atoms with van der Waals surface area (Å²) < 4.78 is 85.4. The highest BCUT2D eigenvalue weighted by atomic mass is 15.0. The molecule has 0 unspecified atom stereocenters. The van der Waals surface area contributed by atoms with Crippen molar-refractivity contribution >= 4 is 21.8 Å². The molecular weight excluding hydrogens is 929 g/mol. The quantitative estimate of drug-likeness (QED) is 0.251. The van der Waals surface area contributed by atoms with Gasteiger partial charge in [-0.1, -0.05) is 274 Å². The van der Waals surface area contributed by atoms with E-state index in [4.69, 9.17) is 20.3 Å². The zero-order valence-electron chi connectivity index (χ0n) is 71.1. The number of rotatable bonds is 2. The fourth-order valence-corrected chi connectivity index (χ4v) is 7.64. The van der Waals surface area contributed by atoms with E-state index in [0.29, 0.717) is 10.8 Å². The van der Waals surface area contributed by atoms with E-state index < -0.39 is 37.3 Å². The van der Waals surface area contributed by atoms with Gasteiger partial charge in [0.05, 0.1) is 6.07 Å². The molecule has 77 heavy (non-hydrogen) atoms. The summed E-state index contributed by atoms with van der Waals surface area (Å²) in [7, 11) is 0. The topological polar surface area (TPSA) is 28.7 Å². The Bertz CT molecular complexity index is 2340. The van der Waals surface area contributed by atoms with Gasteiger partial charge in [0.25, 0.3) is 0 Å². The van der Waals surface area contributed by atoms with Gasteiger partial charge in [-0.3, -0.25) is 0 Å². The Labute approximate surface area is 504 Å². The van der Waals surface area contributed by atoms with Crippen molar-refractivity contribution in [2.24, 2.45) is 60.5 Å². The smallest absolute Gasteiger partial charge is 0.0680 e. The Morgan fingerprint density at radius 1 is 0.468 bits per heavy atom. The Hall–Kier alpha value is -2.27. The van der Waals surface area contributed by atoms with Crippen molar-refractivity contribution in [2.75, 3.05) is 0 Å². The Balaban J connectivity index is -0.000000316. The maximum atomic E-state index is 8.15.